The van der Waals surface area contributed by atoms with Gasteiger partial charge in [-0.3, -0.25) is 9.59 Å². The standard InChI is InChI=1S/C15H25N3O3S/c1-5-6-8-17(4)13(19)10-18(9-7-14(20)21)15-16-11(2)12(3)22-15/h5-10H2,1-4H3,(H,20,21). The van der Waals surface area contributed by atoms with Gasteiger partial charge in [-0.1, -0.05) is 13.3 Å². The van der Waals surface area contributed by atoms with E-state index in [0.29, 0.717) is 5.13 Å². The first-order valence-electron chi connectivity index (χ1n) is 7.49. The van der Waals surface area contributed by atoms with E-state index in [1.807, 2.05) is 13.8 Å². The van der Waals surface area contributed by atoms with Gasteiger partial charge in [0, 0.05) is 25.0 Å². The molecule has 0 radical (unpaired) electrons. The van der Waals surface area contributed by atoms with Gasteiger partial charge in [-0.2, -0.15) is 0 Å². The third kappa shape index (κ3) is 5.63. The lowest BCUT2D eigenvalue weighted by atomic mass is 10.3. The van der Waals surface area contributed by atoms with Crippen LogP contribution >= 0.6 is 11.3 Å². The van der Waals surface area contributed by atoms with Crippen LogP contribution < -0.4 is 4.90 Å². The highest BCUT2D eigenvalue weighted by molar-refractivity contribution is 7.15. The van der Waals surface area contributed by atoms with Gasteiger partial charge in [-0.25, -0.2) is 4.98 Å². The topological polar surface area (TPSA) is 73.7 Å². The molecule has 0 atom stereocenters. The van der Waals surface area contributed by atoms with E-state index in [-0.39, 0.29) is 25.4 Å². The Hall–Kier alpha value is -1.63. The number of unbranched alkanes of at least 4 members (excludes halogenated alkanes) is 1. The van der Waals surface area contributed by atoms with Crippen LogP contribution in [0.3, 0.4) is 0 Å². The van der Waals surface area contributed by atoms with E-state index in [1.165, 1.54) is 11.3 Å². The third-order valence-corrected chi connectivity index (χ3v) is 4.62. The number of anilines is 1. The molecule has 1 N–H and O–H groups in total. The molecule has 7 heteroatoms. The number of aryl methyl sites for hydroxylation is 2. The normalized spacial score (nSPS) is 10.5. The second-order valence-corrected chi connectivity index (χ2v) is 6.55. The number of aromatic nitrogens is 1. The minimum atomic E-state index is -0.873. The van der Waals surface area contributed by atoms with Crippen molar-refractivity contribution in [3.05, 3.63) is 10.6 Å². The number of amides is 1. The first-order chi connectivity index (χ1) is 10.3. The summed E-state index contributed by atoms with van der Waals surface area (Å²) in [7, 11) is 1.78. The summed E-state index contributed by atoms with van der Waals surface area (Å²) in [5, 5.41) is 9.61. The maximum atomic E-state index is 12.3. The Bertz CT molecular complexity index is 497. The smallest absolute Gasteiger partial charge is 0.305 e. The van der Waals surface area contributed by atoms with E-state index in [4.69, 9.17) is 5.11 Å². The molecule has 1 rings (SSSR count). The molecule has 0 saturated carbocycles. The van der Waals surface area contributed by atoms with E-state index < -0.39 is 5.97 Å². The number of hydrogen-bond acceptors (Lipinski definition) is 5. The van der Waals surface area contributed by atoms with Gasteiger partial charge in [0.25, 0.3) is 0 Å². The minimum absolute atomic E-state index is 0.00987. The molecule has 1 amide bonds. The largest absolute Gasteiger partial charge is 0.481 e. The van der Waals surface area contributed by atoms with Crippen molar-refractivity contribution in [1.29, 1.82) is 0 Å². The second kappa shape index (κ2) is 8.73. The number of carbonyl (C=O) groups excluding carboxylic acids is 1. The molecule has 0 aliphatic rings. The van der Waals surface area contributed by atoms with Gasteiger partial charge in [0.15, 0.2) is 5.13 Å². The van der Waals surface area contributed by atoms with Crippen LogP contribution in [0.15, 0.2) is 0 Å². The number of aliphatic carboxylic acids is 1. The summed E-state index contributed by atoms with van der Waals surface area (Å²) in [6.07, 6.45) is 1.99. The highest BCUT2D eigenvalue weighted by atomic mass is 32.1. The van der Waals surface area contributed by atoms with Gasteiger partial charge >= 0.3 is 5.97 Å². The van der Waals surface area contributed by atoms with Crippen molar-refractivity contribution in [3.8, 4) is 0 Å². The van der Waals surface area contributed by atoms with Crippen LogP contribution in [-0.4, -0.2) is 53.5 Å². The molecule has 0 spiro atoms. The van der Waals surface area contributed by atoms with Crippen molar-refractivity contribution in [3.63, 3.8) is 0 Å². The van der Waals surface area contributed by atoms with Crippen LogP contribution in [0, 0.1) is 13.8 Å². The summed E-state index contributed by atoms with van der Waals surface area (Å²) in [5.74, 6) is -0.883. The number of rotatable bonds is 9. The van der Waals surface area contributed by atoms with Crippen molar-refractivity contribution in [2.75, 3.05) is 31.6 Å². The van der Waals surface area contributed by atoms with Crippen LogP contribution in [0.5, 0.6) is 0 Å². The van der Waals surface area contributed by atoms with Crippen molar-refractivity contribution in [2.45, 2.75) is 40.0 Å². The summed E-state index contributed by atoms with van der Waals surface area (Å²) < 4.78 is 0. The maximum absolute atomic E-state index is 12.3. The third-order valence-electron chi connectivity index (χ3n) is 3.48. The number of likely N-dealkylation sites (N-methyl/N-ethyl adjacent to an activating group) is 1. The van der Waals surface area contributed by atoms with Crippen molar-refractivity contribution < 1.29 is 14.7 Å². The molecule has 0 aliphatic heterocycles. The minimum Gasteiger partial charge on any atom is -0.481 e. The van der Waals surface area contributed by atoms with Gasteiger partial charge in [-0.05, 0) is 20.3 Å². The number of carboxylic acids is 1. The molecule has 22 heavy (non-hydrogen) atoms. The number of carboxylic acid groups (broad SMARTS) is 1. The highest BCUT2D eigenvalue weighted by Crippen LogP contribution is 2.25. The fraction of sp³-hybridized carbons (Fsp3) is 0.667. The Balaban J connectivity index is 2.77. The number of nitrogens with zero attached hydrogens (tertiary/aromatic N) is 3. The van der Waals surface area contributed by atoms with Crippen LogP contribution in [0.25, 0.3) is 0 Å². The first-order valence-corrected chi connectivity index (χ1v) is 8.31. The second-order valence-electron chi connectivity index (χ2n) is 5.37. The molecule has 0 saturated heterocycles. The average Bonchev–Trinajstić information content (AvgIpc) is 2.79. The molecule has 124 valence electrons. The summed E-state index contributed by atoms with van der Waals surface area (Å²) >= 11 is 1.50. The number of carbonyl (C=O) groups is 2. The monoisotopic (exact) mass is 327 g/mol. The van der Waals surface area contributed by atoms with E-state index in [2.05, 4.69) is 11.9 Å². The highest BCUT2D eigenvalue weighted by Gasteiger charge is 2.19. The molecular formula is C15H25N3O3S. The zero-order chi connectivity index (χ0) is 16.7. The van der Waals surface area contributed by atoms with Crippen LogP contribution in [0.4, 0.5) is 5.13 Å². The lowest BCUT2D eigenvalue weighted by molar-refractivity contribution is -0.137. The zero-order valence-electron chi connectivity index (χ0n) is 13.8. The van der Waals surface area contributed by atoms with Crippen LogP contribution in [0.1, 0.15) is 36.8 Å². The van der Waals surface area contributed by atoms with Gasteiger partial charge in [0.05, 0.1) is 18.7 Å². The molecular weight excluding hydrogens is 302 g/mol. The maximum Gasteiger partial charge on any atom is 0.305 e. The predicted molar refractivity (Wildman–Crippen MR) is 88.6 cm³/mol. The average molecular weight is 327 g/mol. The van der Waals surface area contributed by atoms with Crippen molar-refractivity contribution in [2.24, 2.45) is 0 Å². The van der Waals surface area contributed by atoms with Crippen LogP contribution in [-0.2, 0) is 9.59 Å². The number of thiazole rings is 1. The Morgan fingerprint density at radius 2 is 1.95 bits per heavy atom. The van der Waals surface area contributed by atoms with E-state index in [9.17, 15) is 9.59 Å². The molecule has 0 aliphatic carbocycles. The zero-order valence-corrected chi connectivity index (χ0v) is 14.6. The van der Waals surface area contributed by atoms with Crippen LogP contribution in [0.2, 0.25) is 0 Å². The molecule has 0 bridgehead atoms. The molecule has 6 nitrogen and oxygen atoms in total. The molecule has 0 aromatic carbocycles. The van der Waals surface area contributed by atoms with Crippen molar-refractivity contribution >= 4 is 28.3 Å². The van der Waals surface area contributed by atoms with E-state index in [1.54, 1.807) is 16.8 Å². The lowest BCUT2D eigenvalue weighted by Crippen LogP contribution is -2.39. The molecule has 1 heterocycles. The molecule has 0 unspecified atom stereocenters. The lowest BCUT2D eigenvalue weighted by Gasteiger charge is -2.24. The SMILES string of the molecule is CCCCN(C)C(=O)CN(CCC(=O)O)c1nc(C)c(C)s1. The Kier molecular flexibility index (Phi) is 7.31. The summed E-state index contributed by atoms with van der Waals surface area (Å²) in [6, 6.07) is 0. The van der Waals surface area contributed by atoms with Gasteiger partial charge in [0.1, 0.15) is 0 Å². The molecule has 1 aromatic rings. The van der Waals surface area contributed by atoms with E-state index in [0.717, 1.165) is 30.0 Å². The van der Waals surface area contributed by atoms with Gasteiger partial charge in [-0.15, -0.1) is 11.3 Å². The summed E-state index contributed by atoms with van der Waals surface area (Å²) in [6.45, 7) is 7.15. The summed E-state index contributed by atoms with van der Waals surface area (Å²) in [5.41, 5.74) is 0.923. The predicted octanol–water partition coefficient (Wildman–Crippen LogP) is 2.30. The fourth-order valence-electron chi connectivity index (χ4n) is 1.87. The Morgan fingerprint density at radius 1 is 1.27 bits per heavy atom. The quantitative estimate of drug-likeness (QED) is 0.753. The molecule has 1 aromatic heterocycles. The summed E-state index contributed by atoms with van der Waals surface area (Å²) in [4.78, 5) is 32.1. The first kappa shape index (κ1) is 18.4. The Labute approximate surface area is 135 Å². The Morgan fingerprint density at radius 3 is 2.45 bits per heavy atom. The number of hydrogen-bond donors (Lipinski definition) is 1. The van der Waals surface area contributed by atoms with Gasteiger partial charge < -0.3 is 14.9 Å². The van der Waals surface area contributed by atoms with E-state index >= 15 is 0 Å². The van der Waals surface area contributed by atoms with Crippen molar-refractivity contribution in [1.82, 2.24) is 9.88 Å². The fourth-order valence-corrected chi connectivity index (χ4v) is 2.80. The van der Waals surface area contributed by atoms with Gasteiger partial charge in [0.2, 0.25) is 5.91 Å². The molecule has 0 fully saturated rings.